The minimum absolute atomic E-state index is 0.0509. The van der Waals surface area contributed by atoms with E-state index < -0.39 is 39.7 Å². The molecule has 1 heterocycles. The molecule has 2 atom stereocenters. The van der Waals surface area contributed by atoms with E-state index in [4.69, 9.17) is 0 Å². The highest BCUT2D eigenvalue weighted by molar-refractivity contribution is 7.92. The van der Waals surface area contributed by atoms with Crippen molar-refractivity contribution >= 4 is 33.0 Å². The van der Waals surface area contributed by atoms with E-state index in [0.717, 1.165) is 41.5 Å². The van der Waals surface area contributed by atoms with Crippen LogP contribution in [-0.4, -0.2) is 43.1 Å². The second-order valence-electron chi connectivity index (χ2n) is 9.45. The Bertz CT molecular complexity index is 1560. The maximum Gasteiger partial charge on any atom is 0.280 e. The van der Waals surface area contributed by atoms with Gasteiger partial charge >= 0.3 is 0 Å². The Morgan fingerprint density at radius 1 is 1.00 bits per heavy atom. The predicted octanol–water partition coefficient (Wildman–Crippen LogP) is 4.28. The molecule has 8 nitrogen and oxygen atoms in total. The number of aryl methyl sites for hydroxylation is 1. The second-order valence-corrected chi connectivity index (χ2v) is 11.8. The topological polar surface area (TPSA) is 120 Å². The third kappa shape index (κ3) is 8.64. The highest BCUT2D eigenvalue weighted by Gasteiger charge is 2.24. The number of thiazole rings is 1. The molecule has 0 bridgehead atoms. The molecule has 4 rings (SSSR count). The summed E-state index contributed by atoms with van der Waals surface area (Å²) in [6, 6.07) is 16.0. The van der Waals surface area contributed by atoms with Crippen LogP contribution in [0.3, 0.4) is 0 Å². The molecular formula is C29H30F2N4O4S2. The van der Waals surface area contributed by atoms with E-state index >= 15 is 0 Å². The number of aliphatic hydroxyl groups excluding tert-OH is 1. The first-order valence-corrected chi connectivity index (χ1v) is 15.3. The van der Waals surface area contributed by atoms with Gasteiger partial charge in [-0.15, -0.1) is 11.3 Å². The van der Waals surface area contributed by atoms with Crippen LogP contribution < -0.4 is 15.4 Å². The fourth-order valence-electron chi connectivity index (χ4n) is 4.25. The fraction of sp³-hybridized carbons (Fsp3) is 0.241. The van der Waals surface area contributed by atoms with Crippen LogP contribution in [0.2, 0.25) is 0 Å². The van der Waals surface area contributed by atoms with E-state index in [1.54, 1.807) is 0 Å². The molecule has 4 aromatic rings. The number of benzene rings is 3. The van der Waals surface area contributed by atoms with Crippen molar-refractivity contribution in [2.24, 2.45) is 0 Å². The van der Waals surface area contributed by atoms with Gasteiger partial charge in [-0.25, -0.2) is 13.8 Å². The Morgan fingerprint density at radius 2 is 1.73 bits per heavy atom. The van der Waals surface area contributed by atoms with Crippen molar-refractivity contribution in [1.82, 2.24) is 15.6 Å². The van der Waals surface area contributed by atoms with Gasteiger partial charge in [-0.1, -0.05) is 37.3 Å². The Balaban J connectivity index is 1.48. The molecule has 1 aromatic heterocycles. The number of carbonyl (C=O) groups excluding carboxylic acids is 1. The quantitative estimate of drug-likeness (QED) is 0.182. The Labute approximate surface area is 241 Å². The lowest BCUT2D eigenvalue weighted by Crippen LogP contribution is -2.48. The fourth-order valence-corrected chi connectivity index (χ4v) is 6.14. The van der Waals surface area contributed by atoms with Gasteiger partial charge in [-0.2, -0.15) is 8.42 Å². The third-order valence-corrected chi connectivity index (χ3v) is 8.32. The normalized spacial score (nSPS) is 13.0. The average molecular weight is 601 g/mol. The number of aromatic nitrogens is 1. The summed E-state index contributed by atoms with van der Waals surface area (Å²) in [5, 5.41) is 18.2. The molecule has 1 amide bonds. The number of carbonyl (C=O) groups is 1. The van der Waals surface area contributed by atoms with Crippen molar-refractivity contribution in [2.45, 2.75) is 43.5 Å². The number of hydrogen-bond acceptors (Lipinski definition) is 7. The Hall–Kier alpha value is -3.71. The number of anilines is 1. The van der Waals surface area contributed by atoms with Gasteiger partial charge in [-0.05, 0) is 59.9 Å². The van der Waals surface area contributed by atoms with Gasteiger partial charge in [0.25, 0.3) is 15.9 Å². The van der Waals surface area contributed by atoms with Crippen molar-refractivity contribution in [1.29, 1.82) is 0 Å². The number of hydrogen-bond donors (Lipinski definition) is 4. The second kappa shape index (κ2) is 13.8. The standard InChI is InChI=1S/C29H30F2N4O4S2/c1-2-19-5-3-6-20(9-19)15-32-16-27(36)26(12-21-10-23(30)14-24(31)11-21)34-29(37)22-7-4-8-25(13-22)35-41(38,39)28-17-40-18-33-28/h3-11,13-14,17-18,26-27,32,35-36H,2,12,15-16H2,1H3,(H,34,37)/t26-,27+/m0/s1. The minimum Gasteiger partial charge on any atom is -0.390 e. The molecule has 0 radical (unpaired) electrons. The molecular weight excluding hydrogens is 570 g/mol. The number of rotatable bonds is 13. The lowest BCUT2D eigenvalue weighted by molar-refractivity contribution is 0.0830. The van der Waals surface area contributed by atoms with E-state index in [-0.39, 0.29) is 34.8 Å². The van der Waals surface area contributed by atoms with Crippen LogP contribution >= 0.6 is 11.3 Å². The van der Waals surface area contributed by atoms with Crippen LogP contribution in [0.4, 0.5) is 14.5 Å². The molecule has 216 valence electrons. The summed E-state index contributed by atoms with van der Waals surface area (Å²) in [7, 11) is -3.94. The van der Waals surface area contributed by atoms with E-state index in [1.165, 1.54) is 40.7 Å². The Morgan fingerprint density at radius 3 is 2.44 bits per heavy atom. The molecule has 0 spiro atoms. The highest BCUT2D eigenvalue weighted by atomic mass is 32.2. The van der Waals surface area contributed by atoms with Gasteiger partial charge in [-0.3, -0.25) is 9.52 Å². The number of aliphatic hydroxyl groups is 1. The number of nitrogens with one attached hydrogen (secondary N) is 3. The number of nitrogens with zero attached hydrogens (tertiary/aromatic N) is 1. The largest absolute Gasteiger partial charge is 0.390 e. The first-order valence-electron chi connectivity index (χ1n) is 12.9. The van der Waals surface area contributed by atoms with Crippen molar-refractivity contribution in [3.63, 3.8) is 0 Å². The summed E-state index contributed by atoms with van der Waals surface area (Å²) in [4.78, 5) is 17.0. The maximum absolute atomic E-state index is 13.9. The zero-order valence-corrected chi connectivity index (χ0v) is 23.8. The van der Waals surface area contributed by atoms with E-state index in [1.807, 2.05) is 18.2 Å². The van der Waals surface area contributed by atoms with Crippen LogP contribution in [-0.2, 0) is 29.4 Å². The smallest absolute Gasteiger partial charge is 0.280 e. The van der Waals surface area contributed by atoms with Crippen LogP contribution in [0.15, 0.2) is 82.6 Å². The van der Waals surface area contributed by atoms with Gasteiger partial charge in [0.2, 0.25) is 0 Å². The van der Waals surface area contributed by atoms with E-state index in [0.29, 0.717) is 6.54 Å². The summed E-state index contributed by atoms with van der Waals surface area (Å²) < 4.78 is 55.2. The highest BCUT2D eigenvalue weighted by Crippen LogP contribution is 2.18. The van der Waals surface area contributed by atoms with Crippen molar-refractivity contribution in [3.05, 3.63) is 112 Å². The molecule has 0 fully saturated rings. The van der Waals surface area contributed by atoms with Crippen molar-refractivity contribution in [2.75, 3.05) is 11.3 Å². The van der Waals surface area contributed by atoms with Gasteiger partial charge < -0.3 is 15.7 Å². The monoisotopic (exact) mass is 600 g/mol. The van der Waals surface area contributed by atoms with Gasteiger partial charge in [0.1, 0.15) is 11.6 Å². The molecule has 0 aliphatic carbocycles. The first-order chi connectivity index (χ1) is 19.6. The average Bonchev–Trinajstić information content (AvgIpc) is 3.49. The summed E-state index contributed by atoms with van der Waals surface area (Å²) in [6.07, 6.45) is -0.279. The molecule has 4 N–H and O–H groups in total. The van der Waals surface area contributed by atoms with Crippen molar-refractivity contribution < 1.29 is 27.1 Å². The van der Waals surface area contributed by atoms with E-state index in [2.05, 4.69) is 33.3 Å². The Kier molecular flexibility index (Phi) is 10.2. The number of halogens is 2. The zero-order chi connectivity index (χ0) is 29.4. The SMILES string of the molecule is CCc1cccc(CNC[C@@H](O)[C@H](Cc2cc(F)cc(F)c2)NC(=O)c2cccc(NS(=O)(=O)c3cscn3)c2)c1. The maximum atomic E-state index is 13.9. The molecule has 0 aliphatic heterocycles. The van der Waals surface area contributed by atoms with Crippen LogP contribution in [0.5, 0.6) is 0 Å². The lowest BCUT2D eigenvalue weighted by Gasteiger charge is -2.25. The number of amides is 1. The summed E-state index contributed by atoms with van der Waals surface area (Å²) in [6.45, 7) is 2.62. The van der Waals surface area contributed by atoms with Gasteiger partial charge in [0, 0.05) is 35.8 Å². The van der Waals surface area contributed by atoms with Crippen LogP contribution in [0.1, 0.15) is 34.0 Å². The van der Waals surface area contributed by atoms with Crippen molar-refractivity contribution in [3.8, 4) is 0 Å². The van der Waals surface area contributed by atoms with Crippen LogP contribution in [0, 0.1) is 11.6 Å². The van der Waals surface area contributed by atoms with Crippen LogP contribution in [0.25, 0.3) is 0 Å². The molecule has 0 unspecified atom stereocenters. The summed E-state index contributed by atoms with van der Waals surface area (Å²) in [5.74, 6) is -2.14. The van der Waals surface area contributed by atoms with Gasteiger partial charge in [0.15, 0.2) is 5.03 Å². The predicted molar refractivity (Wildman–Crippen MR) is 154 cm³/mol. The van der Waals surface area contributed by atoms with Gasteiger partial charge in [0.05, 0.1) is 17.7 Å². The summed E-state index contributed by atoms with van der Waals surface area (Å²) in [5.41, 5.74) is 4.13. The third-order valence-electron chi connectivity index (χ3n) is 6.30. The lowest BCUT2D eigenvalue weighted by atomic mass is 10.00. The number of sulfonamides is 1. The minimum atomic E-state index is -3.94. The molecule has 0 aliphatic rings. The first kappa shape index (κ1) is 30.3. The summed E-state index contributed by atoms with van der Waals surface area (Å²) >= 11 is 1.13. The molecule has 0 saturated carbocycles. The van der Waals surface area contributed by atoms with E-state index in [9.17, 15) is 27.1 Å². The molecule has 3 aromatic carbocycles. The molecule has 41 heavy (non-hydrogen) atoms. The molecule has 12 heteroatoms. The molecule has 0 saturated heterocycles. The zero-order valence-electron chi connectivity index (χ0n) is 22.2.